The van der Waals surface area contributed by atoms with Gasteiger partial charge in [0.05, 0.1) is 39.6 Å². The normalized spacial score (nSPS) is 10.5. The Bertz CT molecular complexity index is 986. The summed E-state index contributed by atoms with van der Waals surface area (Å²) in [5.74, 6) is 0.0309. The summed E-state index contributed by atoms with van der Waals surface area (Å²) in [6.07, 6.45) is 1.38. The van der Waals surface area contributed by atoms with Crippen LogP contribution in [0.3, 0.4) is 0 Å². The molecule has 0 fully saturated rings. The highest BCUT2D eigenvalue weighted by atomic mass is 35.5. The number of halogens is 3. The topological polar surface area (TPSA) is 57.9 Å². The molecular weight excluding hydrogens is 352 g/mol. The van der Waals surface area contributed by atoms with E-state index in [4.69, 9.17) is 27.9 Å². The lowest BCUT2D eigenvalue weighted by Crippen LogP contribution is -1.98. The van der Waals surface area contributed by atoms with E-state index in [9.17, 15) is 9.65 Å². The molecule has 1 aromatic heterocycles. The first-order valence-electron chi connectivity index (χ1n) is 6.82. The van der Waals surface area contributed by atoms with E-state index in [0.29, 0.717) is 43.6 Å². The van der Waals surface area contributed by atoms with Crippen molar-refractivity contribution in [3.05, 3.63) is 58.0 Å². The summed E-state index contributed by atoms with van der Waals surface area (Å²) in [6.45, 7) is 0. The smallest absolute Gasteiger partial charge is 0.139 e. The first-order valence-corrected chi connectivity index (χ1v) is 7.57. The second-order valence-corrected chi connectivity index (χ2v) is 5.73. The van der Waals surface area contributed by atoms with Crippen LogP contribution in [-0.4, -0.2) is 12.1 Å². The Labute approximate surface area is 147 Å². The highest BCUT2D eigenvalue weighted by Gasteiger charge is 2.13. The Morgan fingerprint density at radius 2 is 2.00 bits per heavy atom. The molecule has 3 aromatic rings. The monoisotopic (exact) mass is 361 g/mol. The summed E-state index contributed by atoms with van der Waals surface area (Å²) in [6, 6.07) is 9.39. The van der Waals surface area contributed by atoms with Gasteiger partial charge in [0.25, 0.3) is 0 Å². The number of anilines is 2. The Balaban J connectivity index is 2.18. The molecule has 4 nitrogen and oxygen atoms in total. The van der Waals surface area contributed by atoms with E-state index in [0.717, 1.165) is 0 Å². The number of benzene rings is 2. The van der Waals surface area contributed by atoms with Crippen LogP contribution in [-0.2, 0) is 0 Å². The molecule has 24 heavy (non-hydrogen) atoms. The first kappa shape index (κ1) is 16.3. The van der Waals surface area contributed by atoms with Crippen LogP contribution in [0.15, 0.2) is 36.5 Å². The fraction of sp³-hybridized carbons (Fsp3) is 0.0588. The number of methoxy groups -OCH3 is 1. The summed E-state index contributed by atoms with van der Waals surface area (Å²) in [5.41, 5.74) is 1.72. The summed E-state index contributed by atoms with van der Waals surface area (Å²) in [7, 11) is 1.49. The summed E-state index contributed by atoms with van der Waals surface area (Å²) < 4.78 is 18.6. The molecule has 0 saturated carbocycles. The minimum atomic E-state index is -0.406. The summed E-state index contributed by atoms with van der Waals surface area (Å²) >= 11 is 12.3. The Kier molecular flexibility index (Phi) is 4.43. The van der Waals surface area contributed by atoms with Crippen molar-refractivity contribution in [1.29, 1.82) is 5.26 Å². The van der Waals surface area contributed by atoms with Gasteiger partial charge in [0.1, 0.15) is 17.6 Å². The number of hydrogen-bond donors (Lipinski definition) is 1. The summed E-state index contributed by atoms with van der Waals surface area (Å²) in [4.78, 5) is 4.10. The number of aromatic nitrogens is 1. The maximum Gasteiger partial charge on any atom is 0.139 e. The van der Waals surface area contributed by atoms with Crippen molar-refractivity contribution in [3.63, 3.8) is 0 Å². The van der Waals surface area contributed by atoms with Crippen LogP contribution in [0.1, 0.15) is 5.56 Å². The van der Waals surface area contributed by atoms with Gasteiger partial charge in [-0.1, -0.05) is 23.2 Å². The lowest BCUT2D eigenvalue weighted by Gasteiger charge is -2.14. The van der Waals surface area contributed by atoms with E-state index in [1.54, 1.807) is 18.2 Å². The lowest BCUT2D eigenvalue weighted by atomic mass is 10.1. The van der Waals surface area contributed by atoms with Crippen molar-refractivity contribution in [3.8, 4) is 11.8 Å². The third kappa shape index (κ3) is 2.94. The van der Waals surface area contributed by atoms with E-state index in [1.165, 1.54) is 25.4 Å². The van der Waals surface area contributed by atoms with Gasteiger partial charge in [-0.25, -0.2) is 4.39 Å². The molecular formula is C17H10Cl2FN3O. The maximum atomic E-state index is 13.4. The first-order chi connectivity index (χ1) is 11.5. The molecule has 0 atom stereocenters. The van der Waals surface area contributed by atoms with Gasteiger partial charge in [-0.3, -0.25) is 4.98 Å². The van der Waals surface area contributed by atoms with Crippen molar-refractivity contribution in [1.82, 2.24) is 4.98 Å². The largest absolute Gasteiger partial charge is 0.495 e. The highest BCUT2D eigenvalue weighted by molar-refractivity contribution is 6.37. The molecule has 1 heterocycles. The van der Waals surface area contributed by atoms with Gasteiger partial charge >= 0.3 is 0 Å². The number of fused-ring (bicyclic) bond motifs is 1. The standard InChI is InChI=1S/C17H10Cl2FN3O/c1-24-16-6-15(12(18)5-13(16)19)23-17-9(7-21)8-22-14-4-10(20)2-3-11(14)17/h2-6,8H,1H3,(H,22,23). The van der Waals surface area contributed by atoms with E-state index < -0.39 is 5.82 Å². The van der Waals surface area contributed by atoms with Crippen molar-refractivity contribution in [2.24, 2.45) is 0 Å². The minimum Gasteiger partial charge on any atom is -0.495 e. The minimum absolute atomic E-state index is 0.305. The van der Waals surface area contributed by atoms with Gasteiger partial charge in [0.15, 0.2) is 0 Å². The third-order valence-corrected chi connectivity index (χ3v) is 4.06. The molecule has 0 unspecified atom stereocenters. The predicted molar refractivity (Wildman–Crippen MR) is 92.7 cm³/mol. The number of nitrogens with one attached hydrogen (secondary N) is 1. The van der Waals surface area contributed by atoms with E-state index >= 15 is 0 Å². The number of pyridine rings is 1. The SMILES string of the molecule is COc1cc(Nc2c(C#N)cnc3cc(F)ccc23)c(Cl)cc1Cl. The van der Waals surface area contributed by atoms with E-state index in [-0.39, 0.29) is 0 Å². The summed E-state index contributed by atoms with van der Waals surface area (Å²) in [5, 5.41) is 13.8. The quantitative estimate of drug-likeness (QED) is 0.687. The van der Waals surface area contributed by atoms with Gasteiger partial charge in [0.2, 0.25) is 0 Å². The van der Waals surface area contributed by atoms with Gasteiger partial charge in [0, 0.05) is 23.7 Å². The van der Waals surface area contributed by atoms with Gasteiger partial charge in [-0.2, -0.15) is 5.26 Å². The lowest BCUT2D eigenvalue weighted by molar-refractivity contribution is 0.415. The molecule has 2 aromatic carbocycles. The van der Waals surface area contributed by atoms with Crippen LogP contribution in [0.4, 0.5) is 15.8 Å². The zero-order valence-corrected chi connectivity index (χ0v) is 13.9. The highest BCUT2D eigenvalue weighted by Crippen LogP contribution is 2.37. The Morgan fingerprint density at radius 1 is 1.21 bits per heavy atom. The van der Waals surface area contributed by atoms with Crippen LogP contribution >= 0.6 is 23.2 Å². The van der Waals surface area contributed by atoms with Crippen LogP contribution < -0.4 is 10.1 Å². The van der Waals surface area contributed by atoms with Gasteiger partial charge < -0.3 is 10.1 Å². The van der Waals surface area contributed by atoms with Crippen molar-refractivity contribution in [2.75, 3.05) is 12.4 Å². The molecule has 0 amide bonds. The zero-order valence-electron chi connectivity index (χ0n) is 12.4. The van der Waals surface area contributed by atoms with E-state index in [1.807, 2.05) is 0 Å². The predicted octanol–water partition coefficient (Wildman–Crippen LogP) is 5.30. The van der Waals surface area contributed by atoms with Crippen LogP contribution in [0.5, 0.6) is 5.75 Å². The molecule has 0 aliphatic rings. The van der Waals surface area contributed by atoms with Crippen LogP contribution in [0, 0.1) is 17.1 Å². The van der Waals surface area contributed by atoms with Crippen LogP contribution in [0.2, 0.25) is 10.0 Å². The Morgan fingerprint density at radius 3 is 2.71 bits per heavy atom. The number of nitrogens with zero attached hydrogens (tertiary/aromatic N) is 2. The van der Waals surface area contributed by atoms with Crippen molar-refractivity contribution in [2.45, 2.75) is 0 Å². The average Bonchev–Trinajstić information content (AvgIpc) is 2.57. The fourth-order valence-electron chi connectivity index (χ4n) is 2.30. The van der Waals surface area contributed by atoms with Gasteiger partial charge in [-0.15, -0.1) is 0 Å². The van der Waals surface area contributed by atoms with Crippen molar-refractivity contribution < 1.29 is 9.13 Å². The van der Waals surface area contributed by atoms with E-state index in [2.05, 4.69) is 16.4 Å². The molecule has 0 aliphatic carbocycles. The number of hydrogen-bond acceptors (Lipinski definition) is 4. The molecule has 0 spiro atoms. The molecule has 3 rings (SSSR count). The van der Waals surface area contributed by atoms with Gasteiger partial charge in [-0.05, 0) is 18.2 Å². The molecule has 120 valence electrons. The molecule has 0 aliphatic heterocycles. The third-order valence-electron chi connectivity index (χ3n) is 3.45. The van der Waals surface area contributed by atoms with Crippen LogP contribution in [0.25, 0.3) is 10.9 Å². The number of rotatable bonds is 3. The second kappa shape index (κ2) is 6.52. The fourth-order valence-corrected chi connectivity index (χ4v) is 2.81. The molecule has 7 heteroatoms. The zero-order chi connectivity index (χ0) is 17.3. The number of ether oxygens (including phenoxy) is 1. The molecule has 0 radical (unpaired) electrons. The molecule has 1 N–H and O–H groups in total. The van der Waals surface area contributed by atoms with Crippen molar-refractivity contribution >= 4 is 45.5 Å². The number of nitriles is 1. The molecule has 0 bridgehead atoms. The molecule has 0 saturated heterocycles. The Hall–Kier alpha value is -2.55. The maximum absolute atomic E-state index is 13.4. The second-order valence-electron chi connectivity index (χ2n) is 4.91. The average molecular weight is 362 g/mol.